The van der Waals surface area contributed by atoms with E-state index in [1.807, 2.05) is 36.4 Å². The summed E-state index contributed by atoms with van der Waals surface area (Å²) in [5.41, 5.74) is 6.63. The molecule has 0 spiro atoms. The first-order chi connectivity index (χ1) is 9.17. The van der Waals surface area contributed by atoms with Crippen molar-refractivity contribution in [2.45, 2.75) is 12.8 Å². The molecule has 0 saturated carbocycles. The van der Waals surface area contributed by atoms with E-state index >= 15 is 0 Å². The van der Waals surface area contributed by atoms with E-state index in [0.717, 1.165) is 17.8 Å². The maximum atomic E-state index is 12.4. The Hall–Kier alpha value is -1.79. The molecule has 5 nitrogen and oxygen atoms in total. The van der Waals surface area contributed by atoms with Crippen LogP contribution in [0.25, 0.3) is 0 Å². The summed E-state index contributed by atoms with van der Waals surface area (Å²) in [7, 11) is -3.24. The second kappa shape index (κ2) is 4.71. The zero-order valence-corrected chi connectivity index (χ0v) is 11.2. The van der Waals surface area contributed by atoms with Crippen molar-refractivity contribution >= 4 is 21.2 Å². The van der Waals surface area contributed by atoms with Crippen molar-refractivity contribution in [3.8, 4) is 0 Å². The number of quaternary nitrogens is 1. The number of allylic oxidation sites excluding steroid dienone is 4. The number of hydrogen-bond donors (Lipinski definition) is 2. The number of hydrogen-bond acceptors (Lipinski definition) is 4. The number of anilines is 2. The minimum atomic E-state index is -3.24. The molecular formula is C13H16N3O2S+. The first kappa shape index (κ1) is 12.3. The maximum absolute atomic E-state index is 12.4. The van der Waals surface area contributed by atoms with E-state index in [2.05, 4.69) is 5.43 Å². The highest BCUT2D eigenvalue weighted by Crippen LogP contribution is 2.27. The van der Waals surface area contributed by atoms with Gasteiger partial charge < -0.3 is 0 Å². The van der Waals surface area contributed by atoms with Crippen LogP contribution in [0.2, 0.25) is 0 Å². The second-order valence-corrected chi connectivity index (χ2v) is 6.62. The summed E-state index contributed by atoms with van der Waals surface area (Å²) in [6.45, 7) is 0. The molecule has 0 saturated heterocycles. The van der Waals surface area contributed by atoms with Crippen LogP contribution in [0, 0.1) is 0 Å². The predicted molar refractivity (Wildman–Crippen MR) is 74.7 cm³/mol. The van der Waals surface area contributed by atoms with Crippen molar-refractivity contribution < 1.29 is 14.0 Å². The number of rotatable bonds is 3. The molecule has 3 N–H and O–H groups in total. The lowest BCUT2D eigenvalue weighted by Crippen LogP contribution is -2.96. The normalized spacial score (nSPS) is 17.9. The van der Waals surface area contributed by atoms with E-state index in [-0.39, 0.29) is 5.88 Å². The lowest BCUT2D eigenvalue weighted by molar-refractivity contribution is -0.629. The summed E-state index contributed by atoms with van der Waals surface area (Å²) in [5.74, 6) is -0.0172. The van der Waals surface area contributed by atoms with Crippen molar-refractivity contribution in [2.24, 2.45) is 0 Å². The van der Waals surface area contributed by atoms with E-state index in [1.165, 1.54) is 0 Å². The van der Waals surface area contributed by atoms with Gasteiger partial charge in [-0.15, -0.1) is 5.53 Å². The first-order valence-electron chi connectivity index (χ1n) is 6.21. The fourth-order valence-corrected chi connectivity index (χ4v) is 3.74. The largest absolute Gasteiger partial charge is 0.222 e. The number of fused-ring (bicyclic) bond motifs is 1. The van der Waals surface area contributed by atoms with Crippen molar-refractivity contribution in [1.29, 1.82) is 0 Å². The number of benzene rings is 1. The summed E-state index contributed by atoms with van der Waals surface area (Å²) in [6, 6.07) is 7.67. The fraction of sp³-hybridized carbons (Fsp3) is 0.231. The van der Waals surface area contributed by atoms with Crippen LogP contribution >= 0.6 is 0 Å². The molecule has 0 fully saturated rings. The van der Waals surface area contributed by atoms with Crippen molar-refractivity contribution in [2.75, 3.05) is 16.3 Å². The molecule has 0 aromatic heterocycles. The Morgan fingerprint density at radius 1 is 1.32 bits per heavy atom. The molecule has 1 heterocycles. The molecule has 0 radical (unpaired) electrons. The van der Waals surface area contributed by atoms with E-state index in [4.69, 9.17) is 0 Å². The van der Waals surface area contributed by atoms with Gasteiger partial charge in [-0.05, 0) is 31.1 Å². The van der Waals surface area contributed by atoms with Gasteiger partial charge in [-0.2, -0.15) is 5.01 Å². The lowest BCUT2D eigenvalue weighted by Gasteiger charge is -2.16. The Labute approximate surface area is 112 Å². The minimum Gasteiger partial charge on any atom is -0.222 e. The quantitative estimate of drug-likeness (QED) is 0.807. The van der Waals surface area contributed by atoms with Crippen molar-refractivity contribution in [1.82, 2.24) is 0 Å². The molecule has 0 bridgehead atoms. The third-order valence-electron chi connectivity index (χ3n) is 3.27. The maximum Gasteiger partial charge on any atom is 0.198 e. The third-order valence-corrected chi connectivity index (χ3v) is 5.03. The van der Waals surface area contributed by atoms with Crippen LogP contribution in [0.15, 0.2) is 47.4 Å². The van der Waals surface area contributed by atoms with Crippen LogP contribution < -0.4 is 16.0 Å². The highest BCUT2D eigenvalue weighted by molar-refractivity contribution is 7.95. The molecule has 1 aromatic carbocycles. The highest BCUT2D eigenvalue weighted by atomic mass is 32.2. The summed E-state index contributed by atoms with van der Waals surface area (Å²) in [4.78, 5) is 0.521. The second-order valence-electron chi connectivity index (χ2n) is 4.60. The topological polar surface area (TPSA) is 66.0 Å². The SMILES string of the molecule is O=S(=O)(CN1[NH2+]Nc2ccccc21)C1=CC=CCC1. The molecular weight excluding hydrogens is 262 g/mol. The van der Waals surface area contributed by atoms with Gasteiger partial charge in [0.2, 0.25) is 0 Å². The molecule has 1 aliphatic carbocycles. The van der Waals surface area contributed by atoms with Crippen molar-refractivity contribution in [3.63, 3.8) is 0 Å². The van der Waals surface area contributed by atoms with Crippen LogP contribution in [0.4, 0.5) is 11.4 Å². The van der Waals surface area contributed by atoms with Gasteiger partial charge in [0.05, 0.1) is 0 Å². The third kappa shape index (κ3) is 2.36. The molecule has 2 aliphatic rings. The minimum absolute atomic E-state index is 0.0172. The Morgan fingerprint density at radius 2 is 2.16 bits per heavy atom. The average molecular weight is 278 g/mol. The number of sulfone groups is 1. The number of nitrogens with one attached hydrogen (secondary N) is 1. The summed E-state index contributed by atoms with van der Waals surface area (Å²) < 4.78 is 24.7. The number of nitrogen functional groups attached to an aromatic ring is 1. The van der Waals surface area contributed by atoms with Crippen molar-refractivity contribution in [3.05, 3.63) is 47.4 Å². The van der Waals surface area contributed by atoms with E-state index in [1.54, 1.807) is 16.6 Å². The molecule has 19 heavy (non-hydrogen) atoms. The van der Waals surface area contributed by atoms with Gasteiger partial charge in [-0.3, -0.25) is 0 Å². The van der Waals surface area contributed by atoms with Crippen LogP contribution in [0.5, 0.6) is 0 Å². The van der Waals surface area contributed by atoms with Gasteiger partial charge in [0.15, 0.2) is 15.7 Å². The number of nitrogens with zero attached hydrogens (tertiary/aromatic N) is 1. The Balaban J connectivity index is 1.83. The summed E-state index contributed by atoms with van der Waals surface area (Å²) in [6.07, 6.45) is 6.90. The zero-order valence-electron chi connectivity index (χ0n) is 10.4. The Kier molecular flexibility index (Phi) is 3.04. The monoisotopic (exact) mass is 278 g/mol. The summed E-state index contributed by atoms with van der Waals surface area (Å²) >= 11 is 0. The lowest BCUT2D eigenvalue weighted by atomic mass is 10.2. The molecule has 0 unspecified atom stereocenters. The average Bonchev–Trinajstić information content (AvgIpc) is 2.83. The van der Waals surface area contributed by atoms with Gasteiger partial charge in [0.25, 0.3) is 0 Å². The van der Waals surface area contributed by atoms with Gasteiger partial charge in [-0.25, -0.2) is 13.8 Å². The van der Waals surface area contributed by atoms with Crippen LogP contribution in [-0.4, -0.2) is 14.3 Å². The molecule has 0 amide bonds. The Bertz CT molecular complexity index is 650. The predicted octanol–water partition coefficient (Wildman–Crippen LogP) is 0.918. The van der Waals surface area contributed by atoms with Crippen LogP contribution in [0.3, 0.4) is 0 Å². The first-order valence-corrected chi connectivity index (χ1v) is 7.86. The summed E-state index contributed by atoms with van der Waals surface area (Å²) in [5, 5.41) is 1.74. The van der Waals surface area contributed by atoms with Gasteiger partial charge in [-0.1, -0.05) is 24.3 Å². The molecule has 1 aliphatic heterocycles. The van der Waals surface area contributed by atoms with Gasteiger partial charge >= 0.3 is 0 Å². The zero-order chi connectivity index (χ0) is 13.3. The number of nitrogens with two attached hydrogens (primary N) is 1. The fourth-order valence-electron chi connectivity index (χ4n) is 2.28. The van der Waals surface area contributed by atoms with E-state index in [0.29, 0.717) is 11.3 Å². The molecule has 0 atom stereocenters. The molecule has 1 aromatic rings. The molecule has 100 valence electrons. The molecule has 6 heteroatoms. The Morgan fingerprint density at radius 3 is 2.95 bits per heavy atom. The highest BCUT2D eigenvalue weighted by Gasteiger charge is 2.29. The molecule has 3 rings (SSSR count). The van der Waals surface area contributed by atoms with Crippen LogP contribution in [-0.2, 0) is 9.84 Å². The van der Waals surface area contributed by atoms with Gasteiger partial charge in [0, 0.05) is 4.91 Å². The van der Waals surface area contributed by atoms with Crippen LogP contribution in [0.1, 0.15) is 12.8 Å². The van der Waals surface area contributed by atoms with E-state index in [9.17, 15) is 8.42 Å². The smallest absolute Gasteiger partial charge is 0.198 e. The van der Waals surface area contributed by atoms with E-state index < -0.39 is 9.84 Å². The number of para-hydroxylation sites is 2. The van der Waals surface area contributed by atoms with Gasteiger partial charge in [0.1, 0.15) is 11.4 Å². The standard InChI is InChI=1S/C13H15N3O2S/c17-19(18,11-6-2-1-3-7-11)10-16-13-9-5-4-8-12(13)14-15-16/h1-2,4-6,8-9,14-15H,3,7,10H2/p+1.